The molecule has 9 heteroatoms. The Morgan fingerprint density at radius 3 is 2.79 bits per heavy atom. The molecule has 0 saturated carbocycles. The number of allylic oxidation sites excluding steroid dienone is 1. The minimum Gasteiger partial charge on any atom is -0.468 e. The highest BCUT2D eigenvalue weighted by Gasteiger charge is 2.44. The summed E-state index contributed by atoms with van der Waals surface area (Å²) in [5.41, 5.74) is 0.853. The fourth-order valence-electron chi connectivity index (χ4n) is 2.83. The summed E-state index contributed by atoms with van der Waals surface area (Å²) in [6.45, 7) is 2.50. The molecule has 0 bridgehead atoms. The molecule has 0 radical (unpaired) electrons. The quantitative estimate of drug-likeness (QED) is 0.472. The van der Waals surface area contributed by atoms with Crippen molar-refractivity contribution in [1.29, 1.82) is 5.26 Å². The molecule has 1 heterocycles. The largest absolute Gasteiger partial charge is 0.468 e. The number of amides is 2. The molecule has 2 amide bonds. The molecular formula is C19H20BrN3O4S. The molecule has 7 nitrogen and oxygen atoms in total. The Labute approximate surface area is 176 Å². The van der Waals surface area contributed by atoms with Crippen LogP contribution in [0.3, 0.4) is 0 Å². The number of benzene rings is 1. The predicted octanol–water partition coefficient (Wildman–Crippen LogP) is 2.45. The second-order valence-corrected chi connectivity index (χ2v) is 7.92. The first kappa shape index (κ1) is 22.0. The van der Waals surface area contributed by atoms with Gasteiger partial charge in [-0.2, -0.15) is 5.26 Å². The van der Waals surface area contributed by atoms with Gasteiger partial charge < -0.3 is 15.4 Å². The Kier molecular flexibility index (Phi) is 8.08. The highest BCUT2D eigenvalue weighted by molar-refractivity contribution is 9.10. The third-order valence-corrected chi connectivity index (χ3v) is 5.62. The number of nitrogens with one attached hydrogen (secondary N) is 2. The van der Waals surface area contributed by atoms with E-state index < -0.39 is 23.7 Å². The van der Waals surface area contributed by atoms with Crippen LogP contribution in [-0.4, -0.2) is 37.2 Å². The van der Waals surface area contributed by atoms with E-state index in [0.717, 1.165) is 22.7 Å². The van der Waals surface area contributed by atoms with Crippen molar-refractivity contribution in [2.24, 2.45) is 5.92 Å². The van der Waals surface area contributed by atoms with Gasteiger partial charge in [0, 0.05) is 16.9 Å². The Bertz CT molecular complexity index is 850. The number of nitriles is 1. The van der Waals surface area contributed by atoms with Gasteiger partial charge >= 0.3 is 5.97 Å². The number of hydrogen-bond donors (Lipinski definition) is 2. The maximum atomic E-state index is 12.7. The minimum atomic E-state index is -1.19. The topological polar surface area (TPSA) is 108 Å². The van der Waals surface area contributed by atoms with E-state index >= 15 is 0 Å². The van der Waals surface area contributed by atoms with Crippen LogP contribution < -0.4 is 10.6 Å². The summed E-state index contributed by atoms with van der Waals surface area (Å²) in [6, 6.07) is 9.18. The van der Waals surface area contributed by atoms with Gasteiger partial charge in [-0.1, -0.05) is 46.7 Å². The average molecular weight is 466 g/mol. The molecule has 0 spiro atoms. The van der Waals surface area contributed by atoms with Gasteiger partial charge in [-0.3, -0.25) is 14.4 Å². The van der Waals surface area contributed by atoms with Gasteiger partial charge in [0.15, 0.2) is 0 Å². The van der Waals surface area contributed by atoms with Crippen LogP contribution in [0.5, 0.6) is 0 Å². The van der Waals surface area contributed by atoms with Crippen molar-refractivity contribution in [1.82, 2.24) is 10.6 Å². The highest BCUT2D eigenvalue weighted by Crippen LogP contribution is 2.40. The molecule has 1 aromatic carbocycles. The minimum absolute atomic E-state index is 0.0505. The molecule has 0 unspecified atom stereocenters. The van der Waals surface area contributed by atoms with Gasteiger partial charge in [-0.15, -0.1) is 0 Å². The number of hydrogen-bond acceptors (Lipinski definition) is 6. The van der Waals surface area contributed by atoms with Crippen LogP contribution >= 0.6 is 27.7 Å². The number of carbonyl (C=O) groups excluding carboxylic acids is 3. The van der Waals surface area contributed by atoms with E-state index in [1.165, 1.54) is 7.11 Å². The van der Waals surface area contributed by atoms with E-state index in [0.29, 0.717) is 12.1 Å². The summed E-state index contributed by atoms with van der Waals surface area (Å²) < 4.78 is 5.55. The zero-order valence-electron chi connectivity index (χ0n) is 15.5. The predicted molar refractivity (Wildman–Crippen MR) is 109 cm³/mol. The number of carbonyl (C=O) groups is 3. The maximum absolute atomic E-state index is 12.7. The van der Waals surface area contributed by atoms with Crippen molar-refractivity contribution in [3.63, 3.8) is 0 Å². The van der Waals surface area contributed by atoms with Gasteiger partial charge in [0.25, 0.3) is 0 Å². The second-order valence-electron chi connectivity index (χ2n) is 6.02. The van der Waals surface area contributed by atoms with E-state index in [2.05, 4.69) is 32.6 Å². The third-order valence-electron chi connectivity index (χ3n) is 4.11. The second kappa shape index (κ2) is 10.3. The fraction of sp³-hybridized carbons (Fsp3) is 0.368. The van der Waals surface area contributed by atoms with Crippen molar-refractivity contribution < 1.29 is 19.1 Å². The lowest BCUT2D eigenvalue weighted by Crippen LogP contribution is -2.44. The summed E-state index contributed by atoms with van der Waals surface area (Å²) >= 11 is 4.44. The van der Waals surface area contributed by atoms with Crippen molar-refractivity contribution in [2.45, 2.75) is 19.3 Å². The van der Waals surface area contributed by atoms with E-state index in [4.69, 9.17) is 4.74 Å². The molecular weight excluding hydrogens is 446 g/mol. The first-order valence-electron chi connectivity index (χ1n) is 8.60. The van der Waals surface area contributed by atoms with Crippen molar-refractivity contribution in [2.75, 3.05) is 19.4 Å². The smallest absolute Gasteiger partial charge is 0.319 e. The zero-order valence-corrected chi connectivity index (χ0v) is 17.9. The van der Waals surface area contributed by atoms with E-state index in [-0.39, 0.29) is 22.3 Å². The van der Waals surface area contributed by atoms with Crippen LogP contribution in [0.2, 0.25) is 0 Å². The molecule has 1 aliphatic heterocycles. The number of halogens is 1. The summed E-state index contributed by atoms with van der Waals surface area (Å²) in [7, 11) is 1.20. The number of nitrogens with zero attached hydrogens (tertiary/aromatic N) is 1. The molecule has 28 heavy (non-hydrogen) atoms. The first-order valence-corrected chi connectivity index (χ1v) is 10.4. The van der Waals surface area contributed by atoms with Crippen LogP contribution in [0.4, 0.5) is 0 Å². The van der Waals surface area contributed by atoms with Crippen LogP contribution in [-0.2, 0) is 19.1 Å². The third kappa shape index (κ3) is 5.14. The van der Waals surface area contributed by atoms with Crippen LogP contribution in [0, 0.1) is 17.2 Å². The summed E-state index contributed by atoms with van der Waals surface area (Å²) in [5.74, 6) is -3.42. The number of esters is 1. The van der Waals surface area contributed by atoms with Crippen molar-refractivity contribution in [3.8, 4) is 6.07 Å². The van der Waals surface area contributed by atoms with E-state index in [9.17, 15) is 19.6 Å². The molecule has 1 aromatic rings. The molecule has 0 aromatic heterocycles. The summed E-state index contributed by atoms with van der Waals surface area (Å²) in [4.78, 5) is 36.9. The lowest BCUT2D eigenvalue weighted by Gasteiger charge is -2.31. The van der Waals surface area contributed by atoms with E-state index in [1.807, 2.05) is 13.0 Å². The number of thioether (sulfide) groups is 1. The van der Waals surface area contributed by atoms with Gasteiger partial charge in [-0.05, 0) is 24.1 Å². The highest BCUT2D eigenvalue weighted by atomic mass is 79.9. The Balaban J connectivity index is 2.43. The maximum Gasteiger partial charge on any atom is 0.319 e. The lowest BCUT2D eigenvalue weighted by molar-refractivity contribution is -0.150. The molecule has 148 valence electrons. The Morgan fingerprint density at radius 1 is 1.43 bits per heavy atom. The normalized spacial score (nSPS) is 18.9. The standard InChI is InChI=1S/C19H20BrN3O4S/c1-3-7-22-14(24)10-28-18-13(9-21)15(11-5-4-6-12(20)8-11)16(17(25)23-18)19(26)27-2/h4-6,8,15-16H,3,7,10H2,1-2H3,(H,22,24)(H,23,25)/t15-,16+/m0/s1. The monoisotopic (exact) mass is 465 g/mol. The molecule has 2 rings (SSSR count). The lowest BCUT2D eigenvalue weighted by atomic mass is 9.78. The molecule has 0 fully saturated rings. The number of methoxy groups -OCH3 is 1. The Hall–Kier alpha value is -2.31. The SMILES string of the molecule is CCCNC(=O)CSC1=C(C#N)[C@H](c2cccc(Br)c2)[C@@H](C(=O)OC)C(=O)N1. The van der Waals surface area contributed by atoms with Crippen molar-refractivity contribution >= 4 is 45.5 Å². The van der Waals surface area contributed by atoms with E-state index in [1.54, 1.807) is 18.2 Å². The van der Waals surface area contributed by atoms with Crippen molar-refractivity contribution in [3.05, 3.63) is 44.9 Å². The first-order chi connectivity index (χ1) is 13.4. The Morgan fingerprint density at radius 2 is 2.18 bits per heavy atom. The van der Waals surface area contributed by atoms with Gasteiger partial charge in [-0.25, -0.2) is 0 Å². The molecule has 0 saturated heterocycles. The number of ether oxygens (including phenoxy) is 1. The van der Waals surface area contributed by atoms with Crippen LogP contribution in [0.1, 0.15) is 24.8 Å². The van der Waals surface area contributed by atoms with Gasteiger partial charge in [0.1, 0.15) is 5.92 Å². The van der Waals surface area contributed by atoms with Crippen LogP contribution in [0.15, 0.2) is 39.3 Å². The van der Waals surface area contributed by atoms with Gasteiger partial charge in [0.05, 0.1) is 29.5 Å². The molecule has 1 aliphatic rings. The molecule has 0 aliphatic carbocycles. The average Bonchev–Trinajstić information content (AvgIpc) is 2.69. The van der Waals surface area contributed by atoms with Gasteiger partial charge in [0.2, 0.25) is 11.8 Å². The molecule has 2 N–H and O–H groups in total. The summed E-state index contributed by atoms with van der Waals surface area (Å²) in [6.07, 6.45) is 0.811. The fourth-order valence-corrected chi connectivity index (χ4v) is 4.13. The van der Waals surface area contributed by atoms with Crippen LogP contribution in [0.25, 0.3) is 0 Å². The molecule has 2 atom stereocenters. The zero-order chi connectivity index (χ0) is 20.7. The number of rotatable bonds is 7. The summed E-state index contributed by atoms with van der Waals surface area (Å²) in [5, 5.41) is 15.4.